The molecule has 2 aromatic rings. The van der Waals surface area contributed by atoms with Crippen molar-refractivity contribution in [1.82, 2.24) is 10.6 Å². The fourth-order valence-corrected chi connectivity index (χ4v) is 4.69. The number of ketones is 2. The largest absolute Gasteiger partial charge is 0.327 e. The predicted octanol–water partition coefficient (Wildman–Crippen LogP) is 3.39. The average Bonchev–Trinajstić information content (AvgIpc) is 3.06. The Morgan fingerprint density at radius 1 is 0.786 bits per heavy atom. The summed E-state index contributed by atoms with van der Waals surface area (Å²) >= 11 is 7.43. The van der Waals surface area contributed by atoms with Gasteiger partial charge in [0.2, 0.25) is 0 Å². The van der Waals surface area contributed by atoms with Gasteiger partial charge in [0.15, 0.2) is 16.7 Å². The summed E-state index contributed by atoms with van der Waals surface area (Å²) in [6.45, 7) is 0. The van der Waals surface area contributed by atoms with E-state index in [4.69, 9.17) is 12.2 Å². The Morgan fingerprint density at radius 3 is 1.64 bits per heavy atom. The number of thioether (sulfide) groups is 2. The van der Waals surface area contributed by atoms with E-state index in [0.29, 0.717) is 15.4 Å². The lowest BCUT2D eigenvalue weighted by atomic mass is 10.2. The Hall–Kier alpha value is -2.42. The van der Waals surface area contributed by atoms with Crippen LogP contribution in [0.5, 0.6) is 0 Å². The van der Waals surface area contributed by atoms with Crippen molar-refractivity contribution < 1.29 is 14.4 Å². The van der Waals surface area contributed by atoms with Gasteiger partial charge >= 0.3 is 0 Å². The van der Waals surface area contributed by atoms with Gasteiger partial charge in [0.1, 0.15) is 5.70 Å². The average molecular weight is 429 g/mol. The maximum atomic E-state index is 12.4. The molecule has 1 heterocycles. The first-order valence-corrected chi connectivity index (χ1v) is 10.7. The van der Waals surface area contributed by atoms with Crippen molar-refractivity contribution in [2.45, 2.75) is 0 Å². The van der Waals surface area contributed by atoms with Gasteiger partial charge in [-0.15, -0.1) is 23.5 Å². The highest BCUT2D eigenvalue weighted by Gasteiger charge is 2.26. The van der Waals surface area contributed by atoms with Crippen LogP contribution in [0, 0.1) is 0 Å². The molecule has 0 atom stereocenters. The minimum atomic E-state index is -0.362. The summed E-state index contributed by atoms with van der Waals surface area (Å²) in [5.41, 5.74) is 1.48. The summed E-state index contributed by atoms with van der Waals surface area (Å²) in [6, 6.07) is 17.9. The molecule has 1 fully saturated rings. The Balaban J connectivity index is 1.72. The van der Waals surface area contributed by atoms with Crippen molar-refractivity contribution in [1.29, 1.82) is 0 Å². The molecule has 0 radical (unpaired) electrons. The Morgan fingerprint density at radius 2 is 1.25 bits per heavy atom. The van der Waals surface area contributed by atoms with Crippen LogP contribution in [0.25, 0.3) is 0 Å². The summed E-state index contributed by atoms with van der Waals surface area (Å²) in [6.07, 6.45) is 0. The highest BCUT2D eigenvalue weighted by molar-refractivity contribution is 8.22. The molecule has 0 aromatic heterocycles. The van der Waals surface area contributed by atoms with Gasteiger partial charge in [0.05, 0.1) is 15.7 Å². The first kappa shape index (κ1) is 20.3. The third-order valence-corrected chi connectivity index (χ3v) is 6.41. The Bertz CT molecular complexity index is 886. The van der Waals surface area contributed by atoms with Gasteiger partial charge in [0, 0.05) is 11.1 Å². The van der Waals surface area contributed by atoms with Crippen molar-refractivity contribution in [3.05, 3.63) is 81.7 Å². The third-order valence-electron chi connectivity index (χ3n) is 3.76. The predicted molar refractivity (Wildman–Crippen MR) is 117 cm³/mol. The minimum absolute atomic E-state index is 0.0559. The van der Waals surface area contributed by atoms with E-state index in [-0.39, 0.29) is 39.8 Å². The molecular weight excluding hydrogens is 412 g/mol. The van der Waals surface area contributed by atoms with Crippen LogP contribution in [0.15, 0.2) is 70.6 Å². The van der Waals surface area contributed by atoms with Crippen LogP contribution in [0.4, 0.5) is 0 Å². The summed E-state index contributed by atoms with van der Waals surface area (Å²) in [5.74, 6) is -0.174. The molecule has 1 aliphatic heterocycles. The lowest BCUT2D eigenvalue weighted by molar-refractivity contribution is -0.115. The van der Waals surface area contributed by atoms with Crippen LogP contribution < -0.4 is 10.6 Å². The summed E-state index contributed by atoms with van der Waals surface area (Å²) in [7, 11) is 0. The van der Waals surface area contributed by atoms with Crippen molar-refractivity contribution in [3.8, 4) is 0 Å². The Kier molecular flexibility index (Phi) is 7.02. The van der Waals surface area contributed by atoms with Crippen LogP contribution in [0.1, 0.15) is 20.7 Å². The number of nitrogens with one attached hydrogen (secondary N) is 2. The van der Waals surface area contributed by atoms with Gasteiger partial charge in [0.25, 0.3) is 5.91 Å². The van der Waals surface area contributed by atoms with Gasteiger partial charge in [-0.1, -0.05) is 60.7 Å². The van der Waals surface area contributed by atoms with E-state index in [2.05, 4.69) is 10.6 Å². The smallest absolute Gasteiger partial charge is 0.275 e. The topological polar surface area (TPSA) is 75.3 Å². The number of Topliss-reactive ketones (excluding diaryl/α,β-unsaturated/α-hetero) is 2. The Labute approximate surface area is 176 Å². The minimum Gasteiger partial charge on any atom is -0.327 e. The van der Waals surface area contributed by atoms with Crippen molar-refractivity contribution in [2.24, 2.45) is 0 Å². The quantitative estimate of drug-likeness (QED) is 0.379. The number of thiocarbonyl (C=S) groups is 1. The van der Waals surface area contributed by atoms with Crippen LogP contribution in [-0.2, 0) is 4.79 Å². The van der Waals surface area contributed by atoms with E-state index in [1.165, 1.54) is 23.5 Å². The molecule has 3 rings (SSSR count). The zero-order valence-electron chi connectivity index (χ0n) is 14.6. The van der Waals surface area contributed by atoms with E-state index in [0.717, 1.165) is 0 Å². The fourth-order valence-electron chi connectivity index (χ4n) is 2.37. The summed E-state index contributed by atoms with van der Waals surface area (Å²) < 4.78 is 0.561. The molecule has 142 valence electrons. The maximum absolute atomic E-state index is 12.4. The number of carbonyl (C=O) groups excluding carboxylic acids is 3. The molecule has 8 heteroatoms. The second kappa shape index (κ2) is 9.68. The van der Waals surface area contributed by atoms with E-state index >= 15 is 0 Å². The van der Waals surface area contributed by atoms with Crippen LogP contribution >= 0.6 is 35.7 Å². The molecule has 0 saturated carbocycles. The number of carbonyl (C=O) groups is 3. The van der Waals surface area contributed by atoms with Gasteiger partial charge < -0.3 is 5.32 Å². The number of benzene rings is 2. The van der Waals surface area contributed by atoms with Crippen LogP contribution in [-0.4, -0.2) is 34.1 Å². The number of hydrogen-bond donors (Lipinski definition) is 2. The molecular formula is C20H16N2O3S3. The van der Waals surface area contributed by atoms with Crippen molar-refractivity contribution in [3.63, 3.8) is 0 Å². The molecule has 0 spiro atoms. The lowest BCUT2D eigenvalue weighted by Crippen LogP contribution is -2.21. The van der Waals surface area contributed by atoms with Gasteiger partial charge in [-0.2, -0.15) is 0 Å². The number of hydrogen-bond acceptors (Lipinski definition) is 6. The normalized spacial score (nSPS) is 13.1. The van der Waals surface area contributed by atoms with Crippen LogP contribution in [0.2, 0.25) is 0 Å². The van der Waals surface area contributed by atoms with Crippen molar-refractivity contribution >= 4 is 58.3 Å². The second-order valence-corrected chi connectivity index (χ2v) is 8.36. The molecule has 28 heavy (non-hydrogen) atoms. The van der Waals surface area contributed by atoms with Gasteiger partial charge in [-0.3, -0.25) is 19.7 Å². The molecule has 1 saturated heterocycles. The molecule has 0 aliphatic carbocycles. The highest BCUT2D eigenvalue weighted by Crippen LogP contribution is 2.33. The molecule has 1 amide bonds. The third kappa shape index (κ3) is 5.31. The monoisotopic (exact) mass is 428 g/mol. The van der Waals surface area contributed by atoms with E-state index in [1.807, 2.05) is 12.1 Å². The van der Waals surface area contributed by atoms with E-state index in [1.54, 1.807) is 48.5 Å². The van der Waals surface area contributed by atoms with Gasteiger partial charge in [-0.25, -0.2) is 0 Å². The highest BCUT2D eigenvalue weighted by atomic mass is 32.2. The van der Waals surface area contributed by atoms with Gasteiger partial charge in [-0.05, 0) is 12.2 Å². The van der Waals surface area contributed by atoms with Crippen LogP contribution in [0.3, 0.4) is 0 Å². The second-order valence-electron chi connectivity index (χ2n) is 5.73. The zero-order valence-corrected chi connectivity index (χ0v) is 17.1. The fraction of sp³-hybridized carbons (Fsp3) is 0.100. The molecule has 0 bridgehead atoms. The summed E-state index contributed by atoms with van der Waals surface area (Å²) in [4.78, 5) is 36.9. The molecule has 2 N–H and O–H groups in total. The first-order valence-electron chi connectivity index (χ1n) is 8.33. The van der Waals surface area contributed by atoms with E-state index in [9.17, 15) is 14.4 Å². The molecule has 2 aromatic carbocycles. The molecule has 0 unspecified atom stereocenters. The zero-order chi connectivity index (χ0) is 19.9. The summed E-state index contributed by atoms with van der Waals surface area (Å²) in [5, 5.41) is 5.54. The molecule has 1 aliphatic rings. The SMILES string of the molecule is O=C1NC(=S)NC1=C(SCC(=O)c1ccccc1)SCC(=O)c1ccccc1. The van der Waals surface area contributed by atoms with Crippen molar-refractivity contribution in [2.75, 3.05) is 11.5 Å². The first-order chi connectivity index (χ1) is 13.5. The number of rotatable bonds is 8. The standard InChI is InChI=1S/C20H16N2O3S3/c23-15(13-7-3-1-4-8-13)11-27-19(17-18(25)22-20(26)21-17)28-12-16(24)14-9-5-2-6-10-14/h1-10H,11-12H2,(H2,21,22,25,26). The maximum Gasteiger partial charge on any atom is 0.275 e. The van der Waals surface area contributed by atoms with E-state index < -0.39 is 0 Å². The molecule has 5 nitrogen and oxygen atoms in total. The lowest BCUT2D eigenvalue weighted by Gasteiger charge is -2.09. The number of amides is 1.